The zero-order chi connectivity index (χ0) is 20.4. The number of hydrogen-bond acceptors (Lipinski definition) is 4. The van der Waals surface area contributed by atoms with E-state index in [1.807, 2.05) is 31.2 Å². The van der Waals surface area contributed by atoms with Gasteiger partial charge in [-0.15, -0.1) is 0 Å². The zero-order valence-electron chi connectivity index (χ0n) is 16.7. The summed E-state index contributed by atoms with van der Waals surface area (Å²) in [6, 6.07) is 14.3. The van der Waals surface area contributed by atoms with Gasteiger partial charge in [0.05, 0.1) is 23.8 Å². The van der Waals surface area contributed by atoms with Crippen molar-refractivity contribution in [3.05, 3.63) is 65.2 Å². The van der Waals surface area contributed by atoms with Gasteiger partial charge in [0.15, 0.2) is 0 Å². The van der Waals surface area contributed by atoms with Crippen molar-refractivity contribution in [2.75, 3.05) is 13.2 Å². The Bertz CT molecular complexity index is 868. The van der Waals surface area contributed by atoms with Crippen molar-refractivity contribution in [2.45, 2.75) is 38.7 Å². The molecule has 152 valence electrons. The lowest BCUT2D eigenvalue weighted by atomic mass is 9.96. The van der Waals surface area contributed by atoms with Crippen molar-refractivity contribution < 1.29 is 19.4 Å². The smallest absolute Gasteiger partial charge is 0.261 e. The SMILES string of the molecule is C[C@H](CN1C(=O)c2ccccc2C1=O)[C@@H](O)c1cccc(OCC2CCCC2)c1. The second-order valence-corrected chi connectivity index (χ2v) is 8.22. The van der Waals surface area contributed by atoms with Gasteiger partial charge in [-0.2, -0.15) is 0 Å². The largest absolute Gasteiger partial charge is 0.493 e. The first-order valence-corrected chi connectivity index (χ1v) is 10.4. The molecule has 1 fully saturated rings. The molecule has 0 spiro atoms. The highest BCUT2D eigenvalue weighted by molar-refractivity contribution is 6.21. The van der Waals surface area contributed by atoms with Crippen LogP contribution in [0.3, 0.4) is 0 Å². The molecule has 29 heavy (non-hydrogen) atoms. The van der Waals surface area contributed by atoms with Crippen LogP contribution in [0.2, 0.25) is 0 Å². The second kappa shape index (κ2) is 8.37. The van der Waals surface area contributed by atoms with Gasteiger partial charge >= 0.3 is 0 Å². The molecule has 5 nitrogen and oxygen atoms in total. The van der Waals surface area contributed by atoms with Crippen LogP contribution < -0.4 is 4.74 Å². The molecule has 0 saturated heterocycles. The monoisotopic (exact) mass is 393 g/mol. The van der Waals surface area contributed by atoms with Gasteiger partial charge in [0.25, 0.3) is 11.8 Å². The van der Waals surface area contributed by atoms with E-state index in [4.69, 9.17) is 4.74 Å². The molecule has 2 aliphatic rings. The highest BCUT2D eigenvalue weighted by Gasteiger charge is 2.36. The lowest BCUT2D eigenvalue weighted by Crippen LogP contribution is -2.35. The first kappa shape index (κ1) is 19.6. The molecule has 0 unspecified atom stereocenters. The summed E-state index contributed by atoms with van der Waals surface area (Å²) in [5.41, 5.74) is 1.60. The number of aliphatic hydroxyl groups is 1. The van der Waals surface area contributed by atoms with E-state index in [2.05, 4.69) is 0 Å². The Morgan fingerprint density at radius 2 is 1.69 bits per heavy atom. The minimum atomic E-state index is -0.797. The fourth-order valence-corrected chi connectivity index (χ4v) is 4.30. The van der Waals surface area contributed by atoms with Crippen LogP contribution in [0.15, 0.2) is 48.5 Å². The third-order valence-electron chi connectivity index (χ3n) is 6.05. The number of carbonyl (C=O) groups is 2. The minimum Gasteiger partial charge on any atom is -0.493 e. The fraction of sp³-hybridized carbons (Fsp3) is 0.417. The van der Waals surface area contributed by atoms with Crippen LogP contribution >= 0.6 is 0 Å². The van der Waals surface area contributed by atoms with Crippen molar-refractivity contribution >= 4 is 11.8 Å². The molecule has 1 aliphatic heterocycles. The summed E-state index contributed by atoms with van der Waals surface area (Å²) in [4.78, 5) is 26.4. The predicted molar refractivity (Wildman–Crippen MR) is 110 cm³/mol. The summed E-state index contributed by atoms with van der Waals surface area (Å²) in [5, 5.41) is 10.8. The molecule has 1 N–H and O–H groups in total. The maximum atomic E-state index is 12.6. The average Bonchev–Trinajstić information content (AvgIpc) is 3.35. The van der Waals surface area contributed by atoms with Crippen LogP contribution in [0.1, 0.15) is 65.0 Å². The summed E-state index contributed by atoms with van der Waals surface area (Å²) in [5.74, 6) is 0.483. The molecular formula is C24H27NO4. The van der Waals surface area contributed by atoms with E-state index in [0.717, 1.165) is 11.3 Å². The number of aliphatic hydroxyl groups excluding tert-OH is 1. The number of hydrogen-bond donors (Lipinski definition) is 1. The molecule has 2 aromatic carbocycles. The highest BCUT2D eigenvalue weighted by Crippen LogP contribution is 2.30. The zero-order valence-corrected chi connectivity index (χ0v) is 16.7. The number of nitrogens with zero attached hydrogens (tertiary/aromatic N) is 1. The van der Waals surface area contributed by atoms with Gasteiger partial charge in [-0.3, -0.25) is 14.5 Å². The van der Waals surface area contributed by atoms with Gasteiger partial charge in [0.2, 0.25) is 0 Å². The molecule has 4 rings (SSSR count). The average molecular weight is 393 g/mol. The maximum absolute atomic E-state index is 12.6. The van der Waals surface area contributed by atoms with Gasteiger partial charge < -0.3 is 9.84 Å². The molecule has 1 aliphatic carbocycles. The number of amides is 2. The summed E-state index contributed by atoms with van der Waals surface area (Å²) in [7, 11) is 0. The van der Waals surface area contributed by atoms with E-state index in [1.165, 1.54) is 30.6 Å². The number of rotatable bonds is 7. The molecule has 0 aromatic heterocycles. The summed E-state index contributed by atoms with van der Waals surface area (Å²) < 4.78 is 5.94. The van der Waals surface area contributed by atoms with Crippen molar-refractivity contribution in [2.24, 2.45) is 11.8 Å². The Morgan fingerprint density at radius 3 is 2.34 bits per heavy atom. The second-order valence-electron chi connectivity index (χ2n) is 8.22. The van der Waals surface area contributed by atoms with Gasteiger partial charge in [0.1, 0.15) is 5.75 Å². The van der Waals surface area contributed by atoms with Crippen molar-refractivity contribution in [1.82, 2.24) is 4.90 Å². The molecule has 1 saturated carbocycles. The Hall–Kier alpha value is -2.66. The molecule has 5 heteroatoms. The van der Waals surface area contributed by atoms with E-state index in [9.17, 15) is 14.7 Å². The molecule has 0 radical (unpaired) electrons. The van der Waals surface area contributed by atoms with Crippen molar-refractivity contribution in [3.8, 4) is 5.75 Å². The lowest BCUT2D eigenvalue weighted by molar-refractivity contribution is 0.0536. The van der Waals surface area contributed by atoms with E-state index >= 15 is 0 Å². The van der Waals surface area contributed by atoms with Gasteiger partial charge in [-0.1, -0.05) is 44.0 Å². The topological polar surface area (TPSA) is 66.8 Å². The maximum Gasteiger partial charge on any atom is 0.261 e. The Kier molecular flexibility index (Phi) is 5.67. The lowest BCUT2D eigenvalue weighted by Gasteiger charge is -2.24. The standard InChI is InChI=1S/C24H27NO4/c1-16(14-25-23(27)20-11-4-5-12-21(20)24(25)28)22(26)18-9-6-10-19(13-18)29-15-17-7-2-3-8-17/h4-6,9-13,16-17,22,26H,2-3,7-8,14-15H2,1H3/t16-,22-/m1/s1. The molecule has 2 atom stereocenters. The van der Waals surface area contributed by atoms with Gasteiger partial charge in [0, 0.05) is 12.5 Å². The third-order valence-corrected chi connectivity index (χ3v) is 6.05. The van der Waals surface area contributed by atoms with Gasteiger partial charge in [-0.25, -0.2) is 0 Å². The Morgan fingerprint density at radius 1 is 1.03 bits per heavy atom. The highest BCUT2D eigenvalue weighted by atomic mass is 16.5. The van der Waals surface area contributed by atoms with E-state index in [-0.39, 0.29) is 24.3 Å². The summed E-state index contributed by atoms with van der Waals surface area (Å²) in [6.45, 7) is 2.73. The summed E-state index contributed by atoms with van der Waals surface area (Å²) in [6.07, 6.45) is 4.21. The van der Waals surface area contributed by atoms with E-state index in [0.29, 0.717) is 23.7 Å². The number of ether oxygens (including phenoxy) is 1. The Balaban J connectivity index is 1.40. The number of fused-ring (bicyclic) bond motifs is 1. The number of imide groups is 1. The third kappa shape index (κ3) is 4.06. The molecular weight excluding hydrogens is 366 g/mol. The quantitative estimate of drug-likeness (QED) is 0.715. The van der Waals surface area contributed by atoms with Crippen molar-refractivity contribution in [1.29, 1.82) is 0 Å². The normalized spacial score (nSPS) is 18.8. The van der Waals surface area contributed by atoms with Crippen molar-refractivity contribution in [3.63, 3.8) is 0 Å². The van der Waals surface area contributed by atoms with E-state index in [1.54, 1.807) is 24.3 Å². The van der Waals surface area contributed by atoms with Crippen LogP contribution in [0.25, 0.3) is 0 Å². The number of benzene rings is 2. The van der Waals surface area contributed by atoms with Crippen LogP contribution in [-0.4, -0.2) is 35.0 Å². The first-order valence-electron chi connectivity index (χ1n) is 10.4. The minimum absolute atomic E-state index is 0.167. The molecule has 0 bridgehead atoms. The van der Waals surface area contributed by atoms with Crippen LogP contribution in [0, 0.1) is 11.8 Å². The first-order chi connectivity index (χ1) is 14.0. The predicted octanol–water partition coefficient (Wildman–Crippen LogP) is 4.22. The van der Waals surface area contributed by atoms with E-state index < -0.39 is 6.10 Å². The number of carbonyl (C=O) groups excluding carboxylic acids is 2. The van der Waals surface area contributed by atoms with Gasteiger partial charge in [-0.05, 0) is 48.6 Å². The Labute approximate surface area is 171 Å². The van der Waals surface area contributed by atoms with Crippen LogP contribution in [-0.2, 0) is 0 Å². The van der Waals surface area contributed by atoms with Crippen LogP contribution in [0.4, 0.5) is 0 Å². The summed E-state index contributed by atoms with van der Waals surface area (Å²) >= 11 is 0. The molecule has 2 aromatic rings. The van der Waals surface area contributed by atoms with Crippen LogP contribution in [0.5, 0.6) is 5.75 Å². The molecule has 2 amide bonds. The fourth-order valence-electron chi connectivity index (χ4n) is 4.30. The molecule has 1 heterocycles.